The zero-order valence-electron chi connectivity index (χ0n) is 10.4. The number of hydrogen-bond donors (Lipinski definition) is 2. The van der Waals surface area contributed by atoms with Crippen LogP contribution in [0.4, 0.5) is 0 Å². The largest absolute Gasteiger partial charge is 0.388 e. The third kappa shape index (κ3) is 4.36. The number of aliphatic hydroxyl groups is 1. The molecule has 3 nitrogen and oxygen atoms in total. The van der Waals surface area contributed by atoms with Gasteiger partial charge in [-0.05, 0) is 44.0 Å². The van der Waals surface area contributed by atoms with E-state index in [2.05, 4.69) is 5.32 Å². The summed E-state index contributed by atoms with van der Waals surface area (Å²) in [5.74, 6) is -0.218. The molecule has 1 rings (SSSR count). The monoisotopic (exact) mass is 255 g/mol. The molecule has 0 fully saturated rings. The van der Waals surface area contributed by atoms with Gasteiger partial charge in [-0.3, -0.25) is 4.79 Å². The van der Waals surface area contributed by atoms with E-state index in [-0.39, 0.29) is 12.5 Å². The Bertz CT molecular complexity index is 396. The highest BCUT2D eigenvalue weighted by Gasteiger charge is 2.18. The van der Waals surface area contributed by atoms with Gasteiger partial charge in [-0.1, -0.05) is 18.5 Å². The summed E-state index contributed by atoms with van der Waals surface area (Å²) in [6, 6.07) is 5.17. The fourth-order valence-corrected chi connectivity index (χ4v) is 1.65. The molecule has 1 unspecified atom stereocenters. The van der Waals surface area contributed by atoms with Crippen LogP contribution in [0.2, 0.25) is 5.02 Å². The van der Waals surface area contributed by atoms with Gasteiger partial charge in [0.15, 0.2) is 0 Å². The highest BCUT2D eigenvalue weighted by atomic mass is 35.5. The van der Waals surface area contributed by atoms with Crippen LogP contribution in [0.15, 0.2) is 18.2 Å². The van der Waals surface area contributed by atoms with Gasteiger partial charge in [0.05, 0.1) is 5.60 Å². The van der Waals surface area contributed by atoms with E-state index in [1.54, 1.807) is 25.1 Å². The van der Waals surface area contributed by atoms with Crippen LogP contribution < -0.4 is 5.32 Å². The number of nitrogens with one attached hydrogen (secondary N) is 1. The second-order valence-corrected chi connectivity index (χ2v) is 4.99. The number of carbonyl (C=O) groups is 1. The minimum atomic E-state index is -0.872. The van der Waals surface area contributed by atoms with Gasteiger partial charge in [-0.2, -0.15) is 0 Å². The van der Waals surface area contributed by atoms with Crippen LogP contribution in [0, 0.1) is 6.92 Å². The van der Waals surface area contributed by atoms with Crippen LogP contribution >= 0.6 is 11.6 Å². The average molecular weight is 256 g/mol. The highest BCUT2D eigenvalue weighted by Crippen LogP contribution is 2.15. The van der Waals surface area contributed by atoms with E-state index in [1.807, 2.05) is 13.8 Å². The Balaban J connectivity index is 2.70. The van der Waals surface area contributed by atoms with E-state index in [0.29, 0.717) is 17.0 Å². The van der Waals surface area contributed by atoms with Crippen LogP contribution in [0.5, 0.6) is 0 Å². The Morgan fingerprint density at radius 2 is 2.12 bits per heavy atom. The van der Waals surface area contributed by atoms with Crippen molar-refractivity contribution in [1.82, 2.24) is 5.32 Å². The van der Waals surface area contributed by atoms with Gasteiger partial charge >= 0.3 is 0 Å². The maximum Gasteiger partial charge on any atom is 0.251 e. The van der Waals surface area contributed by atoms with Crippen molar-refractivity contribution >= 4 is 17.5 Å². The molecule has 2 N–H and O–H groups in total. The van der Waals surface area contributed by atoms with Gasteiger partial charge in [-0.15, -0.1) is 0 Å². The maximum atomic E-state index is 11.8. The van der Waals surface area contributed by atoms with E-state index in [1.165, 1.54) is 0 Å². The minimum absolute atomic E-state index is 0.218. The Morgan fingerprint density at radius 3 is 2.65 bits per heavy atom. The molecule has 1 aromatic carbocycles. The Morgan fingerprint density at radius 1 is 1.47 bits per heavy atom. The first-order chi connectivity index (χ1) is 7.84. The normalized spacial score (nSPS) is 14.2. The number of benzene rings is 1. The SMILES string of the molecule is CCC(C)(O)CNC(=O)c1cc(C)cc(Cl)c1. The number of hydrogen-bond acceptors (Lipinski definition) is 2. The molecular formula is C13H18ClNO2. The third-order valence-corrected chi connectivity index (χ3v) is 2.91. The molecule has 0 spiro atoms. The van der Waals surface area contributed by atoms with Gasteiger partial charge in [-0.25, -0.2) is 0 Å². The lowest BCUT2D eigenvalue weighted by Gasteiger charge is -2.21. The smallest absolute Gasteiger partial charge is 0.251 e. The lowest BCUT2D eigenvalue weighted by molar-refractivity contribution is 0.0518. The van der Waals surface area contributed by atoms with Gasteiger partial charge in [0.25, 0.3) is 5.91 Å². The van der Waals surface area contributed by atoms with Crippen molar-refractivity contribution in [2.75, 3.05) is 6.54 Å². The Kier molecular flexibility index (Phi) is 4.54. The molecular weight excluding hydrogens is 238 g/mol. The van der Waals surface area contributed by atoms with Crippen LogP contribution in [0.3, 0.4) is 0 Å². The lowest BCUT2D eigenvalue weighted by atomic mass is 10.0. The summed E-state index contributed by atoms with van der Waals surface area (Å²) < 4.78 is 0. The maximum absolute atomic E-state index is 11.8. The third-order valence-electron chi connectivity index (χ3n) is 2.70. The van der Waals surface area contributed by atoms with Crippen molar-refractivity contribution < 1.29 is 9.90 Å². The predicted molar refractivity (Wildman–Crippen MR) is 69.4 cm³/mol. The van der Waals surface area contributed by atoms with E-state index >= 15 is 0 Å². The van der Waals surface area contributed by atoms with Crippen LogP contribution in [0.1, 0.15) is 36.2 Å². The summed E-state index contributed by atoms with van der Waals surface area (Å²) in [5, 5.41) is 13.0. The zero-order chi connectivity index (χ0) is 13.1. The minimum Gasteiger partial charge on any atom is -0.388 e. The van der Waals surface area contributed by atoms with Crippen molar-refractivity contribution in [3.05, 3.63) is 34.3 Å². The summed E-state index contributed by atoms with van der Waals surface area (Å²) in [5.41, 5.74) is 0.579. The van der Waals surface area contributed by atoms with E-state index in [0.717, 1.165) is 5.56 Å². The molecule has 0 aliphatic heterocycles. The van der Waals surface area contributed by atoms with E-state index in [9.17, 15) is 9.90 Å². The molecule has 94 valence electrons. The topological polar surface area (TPSA) is 49.3 Å². The van der Waals surface area contributed by atoms with Crippen molar-refractivity contribution in [1.29, 1.82) is 0 Å². The predicted octanol–water partition coefficient (Wildman–Crippen LogP) is 2.54. The number of halogens is 1. The Hall–Kier alpha value is -1.06. The molecule has 4 heteroatoms. The van der Waals surface area contributed by atoms with E-state index < -0.39 is 5.60 Å². The van der Waals surface area contributed by atoms with Gasteiger partial charge in [0.2, 0.25) is 0 Å². The molecule has 0 saturated carbocycles. The first kappa shape index (κ1) is 14.0. The summed E-state index contributed by atoms with van der Waals surface area (Å²) >= 11 is 5.88. The first-order valence-corrected chi connectivity index (χ1v) is 5.99. The zero-order valence-corrected chi connectivity index (χ0v) is 11.1. The van der Waals surface area contributed by atoms with Crippen molar-refractivity contribution in [2.24, 2.45) is 0 Å². The van der Waals surface area contributed by atoms with Crippen LogP contribution in [0.25, 0.3) is 0 Å². The first-order valence-electron chi connectivity index (χ1n) is 5.62. The number of aryl methyl sites for hydroxylation is 1. The molecule has 0 bridgehead atoms. The molecule has 17 heavy (non-hydrogen) atoms. The molecule has 0 heterocycles. The van der Waals surface area contributed by atoms with Gasteiger partial charge in [0.1, 0.15) is 0 Å². The summed E-state index contributed by atoms with van der Waals surface area (Å²) in [6.45, 7) is 5.67. The fraction of sp³-hybridized carbons (Fsp3) is 0.462. The lowest BCUT2D eigenvalue weighted by Crippen LogP contribution is -2.40. The van der Waals surface area contributed by atoms with Crippen LogP contribution in [-0.4, -0.2) is 23.2 Å². The fourth-order valence-electron chi connectivity index (χ4n) is 1.37. The summed E-state index contributed by atoms with van der Waals surface area (Å²) in [6.07, 6.45) is 0.585. The second kappa shape index (κ2) is 5.52. The molecule has 0 saturated heterocycles. The average Bonchev–Trinajstić information content (AvgIpc) is 2.24. The molecule has 1 aromatic rings. The highest BCUT2D eigenvalue weighted by molar-refractivity contribution is 6.31. The van der Waals surface area contributed by atoms with Crippen molar-refractivity contribution in [2.45, 2.75) is 32.8 Å². The van der Waals surface area contributed by atoms with Crippen molar-refractivity contribution in [3.63, 3.8) is 0 Å². The van der Waals surface area contributed by atoms with Crippen molar-refractivity contribution in [3.8, 4) is 0 Å². The quantitative estimate of drug-likeness (QED) is 0.869. The number of carbonyl (C=O) groups excluding carboxylic acids is 1. The Labute approximate surface area is 107 Å². The summed E-state index contributed by atoms with van der Waals surface area (Å²) in [7, 11) is 0. The molecule has 0 aliphatic rings. The molecule has 0 aromatic heterocycles. The van der Waals surface area contributed by atoms with Crippen LogP contribution in [-0.2, 0) is 0 Å². The van der Waals surface area contributed by atoms with E-state index in [4.69, 9.17) is 11.6 Å². The van der Waals surface area contributed by atoms with Gasteiger partial charge < -0.3 is 10.4 Å². The molecule has 0 radical (unpaired) electrons. The number of rotatable bonds is 4. The standard InChI is InChI=1S/C13H18ClNO2/c1-4-13(3,17)8-15-12(16)10-5-9(2)6-11(14)7-10/h5-7,17H,4,8H2,1-3H3,(H,15,16). The molecule has 1 amide bonds. The second-order valence-electron chi connectivity index (χ2n) is 4.55. The number of amides is 1. The molecule has 1 atom stereocenters. The summed E-state index contributed by atoms with van der Waals surface area (Å²) in [4.78, 5) is 11.8. The molecule has 0 aliphatic carbocycles. The van der Waals surface area contributed by atoms with Gasteiger partial charge in [0, 0.05) is 17.1 Å².